The van der Waals surface area contributed by atoms with Gasteiger partial charge in [-0.25, -0.2) is 4.79 Å². The van der Waals surface area contributed by atoms with Gasteiger partial charge in [-0.05, 0) is 47.9 Å². The van der Waals surface area contributed by atoms with E-state index in [9.17, 15) is 18.4 Å². The number of ether oxygens (including phenoxy) is 2. The Kier molecular flexibility index (Phi) is 5.25. The second-order valence-electron chi connectivity index (χ2n) is 6.01. The Morgan fingerprint density at radius 2 is 1.81 bits per heavy atom. The lowest BCUT2D eigenvalue weighted by molar-refractivity contribution is -0.0512. The van der Waals surface area contributed by atoms with Crippen molar-refractivity contribution in [3.63, 3.8) is 0 Å². The van der Waals surface area contributed by atoms with Crippen molar-refractivity contribution < 1.29 is 33.0 Å². The van der Waals surface area contributed by atoms with Crippen molar-refractivity contribution >= 4 is 11.9 Å². The zero-order valence-electron chi connectivity index (χ0n) is 14.4. The van der Waals surface area contributed by atoms with Gasteiger partial charge in [0.25, 0.3) is 5.91 Å². The van der Waals surface area contributed by atoms with Crippen LogP contribution in [0.5, 0.6) is 11.5 Å². The van der Waals surface area contributed by atoms with Gasteiger partial charge in [-0.1, -0.05) is 6.07 Å². The van der Waals surface area contributed by atoms with Crippen LogP contribution in [0.15, 0.2) is 36.4 Å². The topological polar surface area (TPSA) is 76.1 Å². The Bertz CT molecular complexity index is 884. The maximum absolute atomic E-state index is 12.8. The number of fused-ring (bicyclic) bond motifs is 1. The van der Waals surface area contributed by atoms with E-state index in [2.05, 4.69) is 4.74 Å². The lowest BCUT2D eigenvalue weighted by Gasteiger charge is -2.29. The molecule has 1 N–H and O–H groups in total. The Morgan fingerprint density at radius 1 is 1.07 bits per heavy atom. The number of benzene rings is 2. The van der Waals surface area contributed by atoms with Gasteiger partial charge in [0.1, 0.15) is 0 Å². The molecule has 3 rings (SSSR count). The van der Waals surface area contributed by atoms with Crippen molar-refractivity contribution in [2.24, 2.45) is 0 Å². The number of rotatable bonds is 5. The minimum absolute atomic E-state index is 0.0990. The third-order valence-corrected chi connectivity index (χ3v) is 4.38. The van der Waals surface area contributed by atoms with Gasteiger partial charge in [0.15, 0.2) is 11.5 Å². The van der Waals surface area contributed by atoms with Gasteiger partial charge >= 0.3 is 12.6 Å². The molecule has 0 radical (unpaired) electrons. The summed E-state index contributed by atoms with van der Waals surface area (Å²) >= 11 is 0. The Labute approximate surface area is 153 Å². The molecular formula is C19H17F2NO5. The summed E-state index contributed by atoms with van der Waals surface area (Å²) in [5.74, 6) is -1.51. The number of amides is 1. The molecule has 2 aromatic rings. The Morgan fingerprint density at radius 3 is 2.48 bits per heavy atom. The zero-order valence-corrected chi connectivity index (χ0v) is 14.4. The van der Waals surface area contributed by atoms with Crippen LogP contribution in [0.2, 0.25) is 0 Å². The summed E-state index contributed by atoms with van der Waals surface area (Å²) in [6.45, 7) is -2.36. The molecule has 8 heteroatoms. The van der Waals surface area contributed by atoms with Crippen molar-refractivity contribution in [1.29, 1.82) is 0 Å². The van der Waals surface area contributed by atoms with Crippen LogP contribution in [-0.2, 0) is 13.0 Å². The summed E-state index contributed by atoms with van der Waals surface area (Å²) in [4.78, 5) is 25.5. The van der Waals surface area contributed by atoms with E-state index in [1.54, 1.807) is 17.0 Å². The average molecular weight is 377 g/mol. The van der Waals surface area contributed by atoms with E-state index in [1.807, 2.05) is 0 Å². The van der Waals surface area contributed by atoms with E-state index in [-0.39, 0.29) is 35.1 Å². The van der Waals surface area contributed by atoms with Crippen molar-refractivity contribution in [3.05, 3.63) is 58.7 Å². The van der Waals surface area contributed by atoms with Gasteiger partial charge in [-0.2, -0.15) is 8.78 Å². The minimum atomic E-state index is -3.04. The van der Waals surface area contributed by atoms with Crippen LogP contribution in [0.3, 0.4) is 0 Å². The zero-order chi connectivity index (χ0) is 19.6. The van der Waals surface area contributed by atoms with E-state index in [4.69, 9.17) is 9.84 Å². The fourth-order valence-corrected chi connectivity index (χ4v) is 3.04. The highest BCUT2D eigenvalue weighted by Crippen LogP contribution is 2.30. The monoisotopic (exact) mass is 377 g/mol. The highest BCUT2D eigenvalue weighted by Gasteiger charge is 2.24. The maximum Gasteiger partial charge on any atom is 0.387 e. The molecule has 0 atom stereocenters. The normalized spacial score (nSPS) is 13.3. The minimum Gasteiger partial charge on any atom is -0.493 e. The van der Waals surface area contributed by atoms with Gasteiger partial charge in [0.2, 0.25) is 0 Å². The molecule has 1 heterocycles. The predicted octanol–water partition coefficient (Wildman–Crippen LogP) is 3.19. The van der Waals surface area contributed by atoms with Crippen LogP contribution in [0, 0.1) is 0 Å². The molecule has 0 saturated carbocycles. The molecule has 1 amide bonds. The fourth-order valence-electron chi connectivity index (χ4n) is 3.04. The van der Waals surface area contributed by atoms with Crippen molar-refractivity contribution in [2.45, 2.75) is 19.6 Å². The molecule has 1 aliphatic heterocycles. The van der Waals surface area contributed by atoms with Crippen LogP contribution >= 0.6 is 0 Å². The van der Waals surface area contributed by atoms with Crippen molar-refractivity contribution in [3.8, 4) is 11.5 Å². The third kappa shape index (κ3) is 3.99. The van der Waals surface area contributed by atoms with Crippen molar-refractivity contribution in [1.82, 2.24) is 4.90 Å². The summed E-state index contributed by atoms with van der Waals surface area (Å²) in [6, 6.07) is 8.93. The molecule has 2 aromatic carbocycles. The first-order valence-corrected chi connectivity index (χ1v) is 8.16. The molecule has 0 unspecified atom stereocenters. The number of hydrogen-bond acceptors (Lipinski definition) is 4. The second-order valence-corrected chi connectivity index (χ2v) is 6.01. The van der Waals surface area contributed by atoms with E-state index in [0.29, 0.717) is 13.0 Å². The van der Waals surface area contributed by atoms with E-state index < -0.39 is 12.6 Å². The lowest BCUT2D eigenvalue weighted by Crippen LogP contribution is -2.36. The number of hydrogen-bond donors (Lipinski definition) is 1. The van der Waals surface area contributed by atoms with Crippen LogP contribution in [0.4, 0.5) is 8.78 Å². The molecule has 0 spiro atoms. The number of methoxy groups -OCH3 is 1. The van der Waals surface area contributed by atoms with E-state index in [1.165, 1.54) is 31.4 Å². The second kappa shape index (κ2) is 7.61. The average Bonchev–Trinajstić information content (AvgIpc) is 2.66. The van der Waals surface area contributed by atoms with E-state index >= 15 is 0 Å². The maximum atomic E-state index is 12.8. The van der Waals surface area contributed by atoms with Gasteiger partial charge in [-0.15, -0.1) is 0 Å². The highest BCUT2D eigenvalue weighted by molar-refractivity contribution is 5.95. The molecule has 1 aliphatic rings. The first-order valence-electron chi connectivity index (χ1n) is 8.16. The first kappa shape index (κ1) is 18.6. The van der Waals surface area contributed by atoms with Crippen LogP contribution in [-0.4, -0.2) is 42.1 Å². The van der Waals surface area contributed by atoms with Crippen LogP contribution in [0.1, 0.15) is 31.8 Å². The summed E-state index contributed by atoms with van der Waals surface area (Å²) in [5, 5.41) is 9.12. The standard InChI is InChI=1S/C19H17F2NO5/c1-26-15-5-4-12(9-16(15)27-19(20)21)17(23)22-7-6-11-2-3-13(18(24)25)8-14(11)10-22/h2-5,8-9,19H,6-7,10H2,1H3,(H,24,25). The molecule has 0 bridgehead atoms. The molecule has 0 fully saturated rings. The van der Waals surface area contributed by atoms with Gasteiger partial charge in [-0.3, -0.25) is 4.79 Å². The molecule has 6 nitrogen and oxygen atoms in total. The lowest BCUT2D eigenvalue weighted by atomic mass is 9.97. The smallest absolute Gasteiger partial charge is 0.387 e. The van der Waals surface area contributed by atoms with Crippen LogP contribution in [0.25, 0.3) is 0 Å². The summed E-state index contributed by atoms with van der Waals surface area (Å²) in [5.41, 5.74) is 2.08. The molecule has 0 aromatic heterocycles. The predicted molar refractivity (Wildman–Crippen MR) is 91.5 cm³/mol. The number of aromatic carboxylic acids is 1. The van der Waals surface area contributed by atoms with Gasteiger partial charge in [0.05, 0.1) is 12.7 Å². The quantitative estimate of drug-likeness (QED) is 0.866. The summed E-state index contributed by atoms with van der Waals surface area (Å²) in [7, 11) is 1.32. The molecule has 0 saturated heterocycles. The van der Waals surface area contributed by atoms with Gasteiger partial charge in [0, 0.05) is 18.7 Å². The number of halogens is 2. The third-order valence-electron chi connectivity index (χ3n) is 4.38. The Hall–Kier alpha value is -3.16. The summed E-state index contributed by atoms with van der Waals surface area (Å²) in [6.07, 6.45) is 0.581. The largest absolute Gasteiger partial charge is 0.493 e. The molecule has 142 valence electrons. The number of carbonyl (C=O) groups is 2. The van der Waals surface area contributed by atoms with E-state index in [0.717, 1.165) is 11.1 Å². The molecule has 27 heavy (non-hydrogen) atoms. The fraction of sp³-hybridized carbons (Fsp3) is 0.263. The summed E-state index contributed by atoms with van der Waals surface area (Å²) < 4.78 is 34.5. The number of nitrogens with zero attached hydrogens (tertiary/aromatic N) is 1. The SMILES string of the molecule is COc1ccc(C(=O)N2CCc3ccc(C(=O)O)cc3C2)cc1OC(F)F. The Balaban J connectivity index is 1.84. The van der Waals surface area contributed by atoms with Crippen LogP contribution < -0.4 is 9.47 Å². The van der Waals surface area contributed by atoms with Gasteiger partial charge < -0.3 is 19.5 Å². The first-order chi connectivity index (χ1) is 12.9. The number of carbonyl (C=O) groups excluding carboxylic acids is 1. The number of carboxylic acid groups (broad SMARTS) is 1. The highest BCUT2D eigenvalue weighted by atomic mass is 19.3. The number of carboxylic acids is 1. The number of alkyl halides is 2. The molecular weight excluding hydrogens is 360 g/mol. The van der Waals surface area contributed by atoms with Crippen molar-refractivity contribution in [2.75, 3.05) is 13.7 Å². The molecule has 0 aliphatic carbocycles.